The van der Waals surface area contributed by atoms with Crippen LogP contribution in [0.15, 0.2) is 18.2 Å². The molecule has 0 bridgehead atoms. The topological polar surface area (TPSA) is 9.23 Å². The second-order valence-corrected chi connectivity index (χ2v) is 7.90. The molecule has 0 aromatic heterocycles. The molecule has 1 nitrogen and oxygen atoms in total. The third-order valence-corrected chi connectivity index (χ3v) is 6.66. The number of hydrogen-bond acceptors (Lipinski definition) is 1. The summed E-state index contributed by atoms with van der Waals surface area (Å²) < 4.78 is 6.29. The Hall–Kier alpha value is -0.210. The van der Waals surface area contributed by atoms with E-state index in [-0.39, 0.29) is 0 Å². The van der Waals surface area contributed by atoms with Gasteiger partial charge in [-0.05, 0) is 43.9 Å². The van der Waals surface area contributed by atoms with E-state index < -0.39 is 0 Å². The smallest absolute Gasteiger partial charge is 0.138 e. The van der Waals surface area contributed by atoms with Gasteiger partial charge in [0.25, 0.3) is 0 Å². The summed E-state index contributed by atoms with van der Waals surface area (Å²) in [5, 5.41) is 0.742. The predicted octanol–water partition coefficient (Wildman–Crippen LogP) is 5.90. The Balaban J connectivity index is 1.76. The highest BCUT2D eigenvalue weighted by Crippen LogP contribution is 2.56. The molecule has 0 aliphatic heterocycles. The molecule has 0 saturated heterocycles. The lowest BCUT2D eigenvalue weighted by Crippen LogP contribution is -2.56. The summed E-state index contributed by atoms with van der Waals surface area (Å²) >= 11 is 10.2. The quantitative estimate of drug-likeness (QED) is 0.598. The minimum atomic E-state index is 0.324. The van der Waals surface area contributed by atoms with Crippen molar-refractivity contribution >= 4 is 27.5 Å². The van der Waals surface area contributed by atoms with Gasteiger partial charge in [0.05, 0.1) is 5.02 Å². The van der Waals surface area contributed by atoms with Gasteiger partial charge in [-0.3, -0.25) is 0 Å². The van der Waals surface area contributed by atoms with Crippen LogP contribution in [0, 0.1) is 12.3 Å². The van der Waals surface area contributed by atoms with Gasteiger partial charge >= 0.3 is 0 Å². The molecule has 0 radical (unpaired) electrons. The second-order valence-electron chi connectivity index (χ2n) is 6.39. The minimum absolute atomic E-state index is 0.324. The Kier molecular flexibility index (Phi) is 4.33. The van der Waals surface area contributed by atoms with Gasteiger partial charge in [0.15, 0.2) is 0 Å². The van der Waals surface area contributed by atoms with E-state index in [4.69, 9.17) is 16.3 Å². The molecule has 2 atom stereocenters. The SMILES string of the molecule is Cc1ccc(OC2CC(Br)C23CCCCCC3)c(Cl)c1. The maximum Gasteiger partial charge on any atom is 0.138 e. The number of ether oxygens (including phenoxy) is 1. The van der Waals surface area contributed by atoms with Crippen molar-refractivity contribution in [2.45, 2.75) is 62.8 Å². The number of rotatable bonds is 2. The number of alkyl halides is 1. The molecule has 0 heterocycles. The van der Waals surface area contributed by atoms with Crippen LogP contribution in [0.25, 0.3) is 0 Å². The van der Waals surface area contributed by atoms with Crippen LogP contribution < -0.4 is 4.74 Å². The van der Waals surface area contributed by atoms with Gasteiger partial charge in [-0.15, -0.1) is 0 Å². The Morgan fingerprint density at radius 2 is 1.90 bits per heavy atom. The average molecular weight is 358 g/mol. The van der Waals surface area contributed by atoms with E-state index in [9.17, 15) is 0 Å². The van der Waals surface area contributed by atoms with Crippen LogP contribution in [0.1, 0.15) is 50.5 Å². The molecule has 1 aromatic carbocycles. The third kappa shape index (κ3) is 2.62. The molecular formula is C17H22BrClO. The predicted molar refractivity (Wildman–Crippen MR) is 88.1 cm³/mol. The lowest BCUT2D eigenvalue weighted by atomic mass is 9.61. The largest absolute Gasteiger partial charge is 0.488 e. The maximum absolute atomic E-state index is 6.31. The maximum atomic E-state index is 6.31. The van der Waals surface area contributed by atoms with Crippen molar-refractivity contribution in [3.05, 3.63) is 28.8 Å². The fourth-order valence-electron chi connectivity index (χ4n) is 3.74. The van der Waals surface area contributed by atoms with Gasteiger partial charge in [0, 0.05) is 10.2 Å². The fraction of sp³-hybridized carbons (Fsp3) is 0.647. The van der Waals surface area contributed by atoms with Crippen molar-refractivity contribution in [3.8, 4) is 5.75 Å². The first-order chi connectivity index (χ1) is 9.62. The first kappa shape index (κ1) is 14.7. The Labute approximate surface area is 135 Å². The molecule has 1 spiro atoms. The summed E-state index contributed by atoms with van der Waals surface area (Å²) in [6.45, 7) is 2.06. The van der Waals surface area contributed by atoms with Crippen LogP contribution in [-0.2, 0) is 0 Å². The molecular weight excluding hydrogens is 336 g/mol. The van der Waals surface area contributed by atoms with Crippen molar-refractivity contribution in [2.75, 3.05) is 0 Å². The molecule has 0 amide bonds. The first-order valence-corrected chi connectivity index (χ1v) is 8.98. The van der Waals surface area contributed by atoms with E-state index >= 15 is 0 Å². The van der Waals surface area contributed by atoms with Crippen LogP contribution in [-0.4, -0.2) is 10.9 Å². The van der Waals surface area contributed by atoms with Gasteiger partial charge in [-0.2, -0.15) is 0 Å². The molecule has 1 aromatic rings. The van der Waals surface area contributed by atoms with E-state index in [1.165, 1.54) is 44.1 Å². The van der Waals surface area contributed by atoms with E-state index in [2.05, 4.69) is 28.9 Å². The highest BCUT2D eigenvalue weighted by atomic mass is 79.9. The molecule has 2 fully saturated rings. The zero-order valence-corrected chi connectivity index (χ0v) is 14.3. The zero-order chi connectivity index (χ0) is 14.2. The van der Waals surface area contributed by atoms with E-state index in [0.29, 0.717) is 16.3 Å². The van der Waals surface area contributed by atoms with Crippen molar-refractivity contribution in [1.29, 1.82) is 0 Å². The lowest BCUT2D eigenvalue weighted by Gasteiger charge is -2.53. The molecule has 2 unspecified atom stereocenters. The summed E-state index contributed by atoms with van der Waals surface area (Å²) in [6.07, 6.45) is 9.43. The summed E-state index contributed by atoms with van der Waals surface area (Å²) in [5.74, 6) is 0.852. The minimum Gasteiger partial charge on any atom is -0.488 e. The monoisotopic (exact) mass is 356 g/mol. The fourth-order valence-corrected chi connectivity index (χ4v) is 5.11. The Morgan fingerprint density at radius 3 is 2.50 bits per heavy atom. The number of hydrogen-bond donors (Lipinski definition) is 0. The van der Waals surface area contributed by atoms with Gasteiger partial charge in [0.1, 0.15) is 11.9 Å². The standard InChI is InChI=1S/C17H22BrClO/c1-12-6-7-14(13(19)10-12)20-16-11-15(18)17(16)8-4-2-3-5-9-17/h6-7,10,15-16H,2-5,8-9,11H2,1H3. The van der Waals surface area contributed by atoms with Crippen LogP contribution in [0.2, 0.25) is 5.02 Å². The number of aryl methyl sites for hydroxylation is 1. The summed E-state index contributed by atoms with van der Waals surface area (Å²) in [7, 11) is 0. The third-order valence-electron chi connectivity index (χ3n) is 5.08. The van der Waals surface area contributed by atoms with Crippen LogP contribution in [0.3, 0.4) is 0 Å². The molecule has 20 heavy (non-hydrogen) atoms. The highest BCUT2D eigenvalue weighted by Gasteiger charge is 2.55. The molecule has 3 rings (SSSR count). The Morgan fingerprint density at radius 1 is 1.20 bits per heavy atom. The molecule has 3 heteroatoms. The molecule has 2 saturated carbocycles. The average Bonchev–Trinajstić information content (AvgIpc) is 2.69. The molecule has 0 N–H and O–H groups in total. The highest BCUT2D eigenvalue weighted by molar-refractivity contribution is 9.09. The number of halogens is 2. The van der Waals surface area contributed by atoms with Crippen LogP contribution in [0.5, 0.6) is 5.75 Å². The summed E-state index contributed by atoms with van der Waals surface area (Å²) in [5.41, 5.74) is 1.52. The summed E-state index contributed by atoms with van der Waals surface area (Å²) in [6, 6.07) is 6.08. The molecule has 110 valence electrons. The van der Waals surface area contributed by atoms with E-state index in [0.717, 1.165) is 17.2 Å². The van der Waals surface area contributed by atoms with Crippen LogP contribution in [0.4, 0.5) is 0 Å². The second kappa shape index (κ2) is 5.88. The van der Waals surface area contributed by atoms with Crippen molar-refractivity contribution in [2.24, 2.45) is 5.41 Å². The number of benzene rings is 1. The van der Waals surface area contributed by atoms with E-state index in [1.54, 1.807) is 0 Å². The van der Waals surface area contributed by atoms with Crippen molar-refractivity contribution in [1.82, 2.24) is 0 Å². The zero-order valence-electron chi connectivity index (χ0n) is 12.0. The lowest BCUT2D eigenvalue weighted by molar-refractivity contribution is -0.0461. The van der Waals surface area contributed by atoms with Crippen molar-refractivity contribution < 1.29 is 4.74 Å². The first-order valence-electron chi connectivity index (χ1n) is 7.69. The van der Waals surface area contributed by atoms with Crippen LogP contribution >= 0.6 is 27.5 Å². The molecule has 2 aliphatic carbocycles. The van der Waals surface area contributed by atoms with Crippen molar-refractivity contribution in [3.63, 3.8) is 0 Å². The van der Waals surface area contributed by atoms with Gasteiger partial charge < -0.3 is 4.74 Å². The Bertz CT molecular complexity index is 480. The molecule has 2 aliphatic rings. The summed E-state index contributed by atoms with van der Waals surface area (Å²) in [4.78, 5) is 0.613. The van der Waals surface area contributed by atoms with Gasteiger partial charge in [-0.25, -0.2) is 0 Å². The van der Waals surface area contributed by atoms with Gasteiger partial charge in [-0.1, -0.05) is 59.3 Å². The van der Waals surface area contributed by atoms with Gasteiger partial charge in [0.2, 0.25) is 0 Å². The normalized spacial score (nSPS) is 28.8. The van der Waals surface area contributed by atoms with E-state index in [1.807, 2.05) is 12.1 Å².